The molecule has 4 nitrogen and oxygen atoms in total. The number of ether oxygens (including phenoxy) is 1. The van der Waals surface area contributed by atoms with Crippen molar-refractivity contribution in [3.8, 4) is 0 Å². The molecule has 0 fully saturated rings. The standard InChI is InChI=1S/C13H14N2O2S/c1-9(12-14-7-8-18-12)15-11-5-3-10(4-6-11)13(16)17-2/h3-9,15H,1-2H3. The Bertz CT molecular complexity index is 508. The molecule has 5 heteroatoms. The number of nitrogens with one attached hydrogen (secondary N) is 1. The van der Waals surface area contributed by atoms with Crippen molar-refractivity contribution in [3.05, 3.63) is 46.4 Å². The average Bonchev–Trinajstić information content (AvgIpc) is 2.92. The molecular formula is C13H14N2O2S. The predicted octanol–water partition coefficient (Wildman–Crippen LogP) is 3.10. The molecule has 1 heterocycles. The first-order chi connectivity index (χ1) is 8.70. The van der Waals surface area contributed by atoms with E-state index in [0.29, 0.717) is 5.56 Å². The van der Waals surface area contributed by atoms with Crippen molar-refractivity contribution >= 4 is 23.0 Å². The molecule has 1 aromatic heterocycles. The van der Waals surface area contributed by atoms with Gasteiger partial charge in [-0.05, 0) is 31.2 Å². The van der Waals surface area contributed by atoms with Crippen molar-refractivity contribution in [2.75, 3.05) is 12.4 Å². The van der Waals surface area contributed by atoms with E-state index in [9.17, 15) is 4.79 Å². The van der Waals surface area contributed by atoms with Crippen LogP contribution in [0.5, 0.6) is 0 Å². The van der Waals surface area contributed by atoms with E-state index in [1.165, 1.54) is 7.11 Å². The Hall–Kier alpha value is -1.88. The molecule has 1 N–H and O–H groups in total. The molecule has 0 spiro atoms. The van der Waals surface area contributed by atoms with E-state index in [0.717, 1.165) is 10.7 Å². The highest BCUT2D eigenvalue weighted by atomic mass is 32.1. The molecule has 0 radical (unpaired) electrons. The minimum Gasteiger partial charge on any atom is -0.465 e. The van der Waals surface area contributed by atoms with Gasteiger partial charge in [0, 0.05) is 17.3 Å². The van der Waals surface area contributed by atoms with Gasteiger partial charge in [-0.25, -0.2) is 9.78 Å². The van der Waals surface area contributed by atoms with Gasteiger partial charge in [-0.3, -0.25) is 0 Å². The highest BCUT2D eigenvalue weighted by Gasteiger charge is 2.08. The van der Waals surface area contributed by atoms with Crippen molar-refractivity contribution in [2.45, 2.75) is 13.0 Å². The molecular weight excluding hydrogens is 248 g/mol. The Labute approximate surface area is 110 Å². The Morgan fingerprint density at radius 3 is 2.67 bits per heavy atom. The number of methoxy groups -OCH3 is 1. The molecule has 2 aromatic rings. The largest absolute Gasteiger partial charge is 0.465 e. The fourth-order valence-electron chi connectivity index (χ4n) is 1.58. The van der Waals surface area contributed by atoms with Crippen molar-refractivity contribution < 1.29 is 9.53 Å². The number of benzene rings is 1. The van der Waals surface area contributed by atoms with E-state index in [1.54, 1.807) is 29.7 Å². The van der Waals surface area contributed by atoms with Gasteiger partial charge >= 0.3 is 5.97 Å². The van der Waals surface area contributed by atoms with Gasteiger partial charge in [0.25, 0.3) is 0 Å². The molecule has 18 heavy (non-hydrogen) atoms. The Kier molecular flexibility index (Phi) is 3.94. The number of aromatic nitrogens is 1. The van der Waals surface area contributed by atoms with Crippen molar-refractivity contribution in [1.29, 1.82) is 0 Å². The highest BCUT2D eigenvalue weighted by molar-refractivity contribution is 7.09. The smallest absolute Gasteiger partial charge is 0.337 e. The number of anilines is 1. The van der Waals surface area contributed by atoms with E-state index in [4.69, 9.17) is 0 Å². The molecule has 0 saturated heterocycles. The van der Waals surface area contributed by atoms with E-state index >= 15 is 0 Å². The molecule has 2 rings (SSSR count). The summed E-state index contributed by atoms with van der Waals surface area (Å²) >= 11 is 1.61. The monoisotopic (exact) mass is 262 g/mol. The van der Waals surface area contributed by atoms with E-state index in [1.807, 2.05) is 24.4 Å². The quantitative estimate of drug-likeness (QED) is 0.860. The van der Waals surface area contributed by atoms with Gasteiger partial charge < -0.3 is 10.1 Å². The lowest BCUT2D eigenvalue weighted by atomic mass is 10.2. The third-order valence-corrected chi connectivity index (χ3v) is 3.47. The first-order valence-corrected chi connectivity index (χ1v) is 6.43. The molecule has 1 unspecified atom stereocenters. The van der Waals surface area contributed by atoms with Crippen LogP contribution < -0.4 is 5.32 Å². The maximum Gasteiger partial charge on any atom is 0.337 e. The fraction of sp³-hybridized carbons (Fsp3) is 0.231. The Morgan fingerprint density at radius 2 is 2.11 bits per heavy atom. The van der Waals surface area contributed by atoms with Gasteiger partial charge in [-0.15, -0.1) is 11.3 Å². The number of hydrogen-bond acceptors (Lipinski definition) is 5. The molecule has 1 atom stereocenters. The van der Waals surface area contributed by atoms with Crippen molar-refractivity contribution in [1.82, 2.24) is 4.98 Å². The lowest BCUT2D eigenvalue weighted by Crippen LogP contribution is -2.06. The van der Waals surface area contributed by atoms with Crippen molar-refractivity contribution in [2.24, 2.45) is 0 Å². The molecule has 0 saturated carbocycles. The molecule has 94 valence electrons. The SMILES string of the molecule is COC(=O)c1ccc(NC(C)c2nccs2)cc1. The zero-order chi connectivity index (χ0) is 13.0. The summed E-state index contributed by atoms with van der Waals surface area (Å²) in [5.74, 6) is -0.325. The second-order valence-electron chi connectivity index (χ2n) is 3.81. The summed E-state index contributed by atoms with van der Waals surface area (Å²) in [6, 6.07) is 7.34. The highest BCUT2D eigenvalue weighted by Crippen LogP contribution is 2.21. The number of hydrogen-bond donors (Lipinski definition) is 1. The number of esters is 1. The number of thiazole rings is 1. The van der Waals surface area contributed by atoms with Crippen LogP contribution in [0.15, 0.2) is 35.8 Å². The molecule has 0 aliphatic carbocycles. The average molecular weight is 262 g/mol. The summed E-state index contributed by atoms with van der Waals surface area (Å²) in [6.07, 6.45) is 1.79. The van der Waals surface area contributed by atoms with Gasteiger partial charge in [0.2, 0.25) is 0 Å². The third kappa shape index (κ3) is 2.87. The van der Waals surface area contributed by atoms with Crippen LogP contribution in [0.25, 0.3) is 0 Å². The van der Waals surface area contributed by atoms with Gasteiger partial charge in [-0.2, -0.15) is 0 Å². The summed E-state index contributed by atoms with van der Waals surface area (Å²) in [5, 5.41) is 6.31. The second-order valence-corrected chi connectivity index (χ2v) is 4.73. The summed E-state index contributed by atoms with van der Waals surface area (Å²) in [5.41, 5.74) is 1.50. The summed E-state index contributed by atoms with van der Waals surface area (Å²) in [7, 11) is 1.37. The van der Waals surface area contributed by atoms with E-state index in [-0.39, 0.29) is 12.0 Å². The summed E-state index contributed by atoms with van der Waals surface area (Å²) in [4.78, 5) is 15.5. The van der Waals surface area contributed by atoms with E-state index < -0.39 is 0 Å². The lowest BCUT2D eigenvalue weighted by molar-refractivity contribution is 0.0601. The maximum atomic E-state index is 11.3. The van der Waals surface area contributed by atoms with Crippen LogP contribution in [-0.4, -0.2) is 18.1 Å². The number of rotatable bonds is 4. The minimum absolute atomic E-state index is 0.147. The van der Waals surface area contributed by atoms with Crippen LogP contribution in [-0.2, 0) is 4.74 Å². The maximum absolute atomic E-state index is 11.3. The summed E-state index contributed by atoms with van der Waals surface area (Å²) in [6.45, 7) is 2.05. The van der Waals surface area contributed by atoms with Crippen LogP contribution in [0.4, 0.5) is 5.69 Å². The number of carbonyl (C=O) groups excluding carboxylic acids is 1. The first-order valence-electron chi connectivity index (χ1n) is 5.55. The molecule has 1 aromatic carbocycles. The Balaban J connectivity index is 2.04. The first kappa shape index (κ1) is 12.6. The normalized spacial score (nSPS) is 11.9. The van der Waals surface area contributed by atoms with Gasteiger partial charge in [-0.1, -0.05) is 0 Å². The molecule has 0 aliphatic heterocycles. The van der Waals surface area contributed by atoms with Crippen LogP contribution in [0, 0.1) is 0 Å². The Morgan fingerprint density at radius 1 is 1.39 bits per heavy atom. The fourth-order valence-corrected chi connectivity index (χ4v) is 2.23. The van der Waals surface area contributed by atoms with Crippen LogP contribution in [0.3, 0.4) is 0 Å². The van der Waals surface area contributed by atoms with Gasteiger partial charge in [0.15, 0.2) is 0 Å². The lowest BCUT2D eigenvalue weighted by Gasteiger charge is -2.12. The predicted molar refractivity (Wildman–Crippen MR) is 71.9 cm³/mol. The molecule has 0 amide bonds. The van der Waals surface area contributed by atoms with Crippen LogP contribution >= 0.6 is 11.3 Å². The van der Waals surface area contributed by atoms with Gasteiger partial charge in [0.1, 0.15) is 5.01 Å². The molecule has 0 bridgehead atoms. The topological polar surface area (TPSA) is 51.2 Å². The zero-order valence-corrected chi connectivity index (χ0v) is 11.0. The number of carbonyl (C=O) groups is 1. The van der Waals surface area contributed by atoms with Crippen molar-refractivity contribution in [3.63, 3.8) is 0 Å². The summed E-state index contributed by atoms with van der Waals surface area (Å²) < 4.78 is 4.65. The number of nitrogens with zero attached hydrogens (tertiary/aromatic N) is 1. The minimum atomic E-state index is -0.325. The van der Waals surface area contributed by atoms with Crippen LogP contribution in [0.2, 0.25) is 0 Å². The van der Waals surface area contributed by atoms with Crippen LogP contribution in [0.1, 0.15) is 28.3 Å². The second kappa shape index (κ2) is 5.64. The van der Waals surface area contributed by atoms with E-state index in [2.05, 4.69) is 15.0 Å². The third-order valence-electron chi connectivity index (χ3n) is 2.51. The van der Waals surface area contributed by atoms with Gasteiger partial charge in [0.05, 0.1) is 18.7 Å². The molecule has 0 aliphatic rings. The zero-order valence-electron chi connectivity index (χ0n) is 10.2.